The molecule has 212 valence electrons. The second-order valence-corrected chi connectivity index (χ2v) is 13.1. The molecule has 0 aromatic carbocycles. The third kappa shape index (κ3) is 6.18. The number of hydrogen-bond acceptors (Lipinski definition) is 6. The molecule has 11 nitrogen and oxygen atoms in total. The van der Waals surface area contributed by atoms with E-state index in [1.807, 2.05) is 4.90 Å². The van der Waals surface area contributed by atoms with E-state index in [1.54, 1.807) is 23.9 Å². The Hall–Kier alpha value is -2.58. The van der Waals surface area contributed by atoms with Gasteiger partial charge in [-0.2, -0.15) is 5.26 Å². The van der Waals surface area contributed by atoms with Gasteiger partial charge in [0, 0.05) is 57.9 Å². The molecule has 5 fully saturated rings. The number of nitrogens with zero attached hydrogens (tertiary/aromatic N) is 5. The van der Waals surface area contributed by atoms with Gasteiger partial charge < -0.3 is 35.8 Å². The first-order chi connectivity index (χ1) is 17.8. The van der Waals surface area contributed by atoms with Crippen LogP contribution in [-0.4, -0.2) is 113 Å². The summed E-state index contributed by atoms with van der Waals surface area (Å²) in [4.78, 5) is 42.1. The topological polar surface area (TPSA) is 146 Å². The predicted octanol–water partition coefficient (Wildman–Crippen LogP) is 1.60. The Labute approximate surface area is 226 Å². The molecule has 11 heteroatoms. The summed E-state index contributed by atoms with van der Waals surface area (Å²) in [6.07, 6.45) is 4.85. The number of amides is 4. The molecule has 38 heavy (non-hydrogen) atoms. The molecule has 3 aliphatic heterocycles. The maximum atomic E-state index is 12.4. The van der Waals surface area contributed by atoms with Gasteiger partial charge >= 0.3 is 12.1 Å². The van der Waals surface area contributed by atoms with Crippen LogP contribution in [0.15, 0.2) is 0 Å². The zero-order valence-electron chi connectivity index (χ0n) is 23.4. The first-order valence-corrected chi connectivity index (χ1v) is 14.0. The monoisotopic (exact) mass is 531 g/mol. The number of nitrogens with two attached hydrogens (primary N) is 1. The number of rotatable bonds is 3. The fourth-order valence-corrected chi connectivity index (χ4v) is 7.65. The Morgan fingerprint density at radius 1 is 1.00 bits per heavy atom. The number of carbonyl (C=O) groups excluding carboxylic acids is 2. The fourth-order valence-electron chi connectivity index (χ4n) is 7.65. The molecule has 3 heterocycles. The standard InChI is InChI=1S/C18H29N5O2.C9H16N2O2/c1-18(20-10-16(24)23-6-4-5-15(23)9-19)7-13-11-22(12-14(13)8-18)17(25)21(2)3;1-9(10)2-6-4-11(8(12)13)5-7(6)3-9/h13-15,20H,4-8,10-12H2,1-3H3;6-7H,2-5,10H2,1H3,(H,12,13). The van der Waals surface area contributed by atoms with Crippen LogP contribution in [0.3, 0.4) is 0 Å². The van der Waals surface area contributed by atoms with E-state index in [-0.39, 0.29) is 29.1 Å². The molecule has 0 aromatic heterocycles. The third-order valence-electron chi connectivity index (χ3n) is 9.35. The molecule has 5 aliphatic rings. The second-order valence-electron chi connectivity index (χ2n) is 13.1. The molecule has 5 atom stereocenters. The summed E-state index contributed by atoms with van der Waals surface area (Å²) >= 11 is 0. The highest BCUT2D eigenvalue weighted by Crippen LogP contribution is 2.44. The van der Waals surface area contributed by atoms with Gasteiger partial charge in [-0.1, -0.05) is 0 Å². The zero-order valence-corrected chi connectivity index (χ0v) is 23.4. The summed E-state index contributed by atoms with van der Waals surface area (Å²) in [5, 5.41) is 21.4. The van der Waals surface area contributed by atoms with Crippen LogP contribution in [0, 0.1) is 35.0 Å². The lowest BCUT2D eigenvalue weighted by Gasteiger charge is -2.30. The molecule has 0 spiro atoms. The van der Waals surface area contributed by atoms with E-state index in [4.69, 9.17) is 16.1 Å². The molecule has 3 saturated heterocycles. The van der Waals surface area contributed by atoms with Gasteiger partial charge in [0.05, 0.1) is 12.6 Å². The SMILES string of the molecule is CC1(N)CC2CN(C(=O)O)CC2C1.CN(C)C(=O)N1CC2CC(C)(NCC(=O)N3CCCC3C#N)CC2C1. The van der Waals surface area contributed by atoms with Gasteiger partial charge in [0.2, 0.25) is 5.91 Å². The van der Waals surface area contributed by atoms with E-state index < -0.39 is 6.09 Å². The Morgan fingerprint density at radius 3 is 2.03 bits per heavy atom. The van der Waals surface area contributed by atoms with Gasteiger partial charge in [0.25, 0.3) is 0 Å². The number of hydrogen-bond donors (Lipinski definition) is 3. The van der Waals surface area contributed by atoms with Crippen LogP contribution in [0.25, 0.3) is 0 Å². The van der Waals surface area contributed by atoms with Crippen LogP contribution < -0.4 is 11.1 Å². The Balaban J connectivity index is 0.000000216. The van der Waals surface area contributed by atoms with Gasteiger partial charge in [-0.25, -0.2) is 9.59 Å². The van der Waals surface area contributed by atoms with Gasteiger partial charge in [-0.15, -0.1) is 0 Å². The molecule has 5 rings (SSSR count). The third-order valence-corrected chi connectivity index (χ3v) is 9.35. The number of urea groups is 1. The number of fused-ring (bicyclic) bond motifs is 2. The van der Waals surface area contributed by atoms with Crippen LogP contribution in [0.2, 0.25) is 0 Å². The first-order valence-electron chi connectivity index (χ1n) is 14.0. The van der Waals surface area contributed by atoms with Crippen molar-refractivity contribution >= 4 is 18.0 Å². The summed E-state index contributed by atoms with van der Waals surface area (Å²) in [6, 6.07) is 2.06. The first kappa shape index (κ1) is 28.4. The van der Waals surface area contributed by atoms with E-state index >= 15 is 0 Å². The van der Waals surface area contributed by atoms with Crippen molar-refractivity contribution in [3.8, 4) is 6.07 Å². The number of carboxylic acid groups (broad SMARTS) is 1. The molecular formula is C27H45N7O4. The van der Waals surface area contributed by atoms with Crippen molar-refractivity contribution in [2.24, 2.45) is 29.4 Å². The minimum absolute atomic E-state index is 0.0340. The number of likely N-dealkylation sites (tertiary alicyclic amines) is 3. The van der Waals surface area contributed by atoms with Crippen molar-refractivity contribution in [2.45, 2.75) is 69.5 Å². The van der Waals surface area contributed by atoms with Crippen molar-refractivity contribution in [1.29, 1.82) is 5.26 Å². The summed E-state index contributed by atoms with van der Waals surface area (Å²) in [7, 11) is 3.58. The van der Waals surface area contributed by atoms with Crippen molar-refractivity contribution < 1.29 is 19.5 Å². The molecule has 2 aliphatic carbocycles. The lowest BCUT2D eigenvalue weighted by Crippen LogP contribution is -2.48. The lowest BCUT2D eigenvalue weighted by atomic mass is 9.98. The van der Waals surface area contributed by atoms with Gasteiger partial charge in [0.15, 0.2) is 0 Å². The molecule has 0 radical (unpaired) electrons. The molecule has 4 N–H and O–H groups in total. The van der Waals surface area contributed by atoms with E-state index in [0.29, 0.717) is 49.9 Å². The molecule has 5 unspecified atom stereocenters. The average molecular weight is 532 g/mol. The largest absolute Gasteiger partial charge is 0.465 e. The molecular weight excluding hydrogens is 486 g/mol. The van der Waals surface area contributed by atoms with Crippen LogP contribution in [0.1, 0.15) is 52.4 Å². The second kappa shape index (κ2) is 10.9. The van der Waals surface area contributed by atoms with Crippen LogP contribution in [0.5, 0.6) is 0 Å². The highest BCUT2D eigenvalue weighted by molar-refractivity contribution is 5.79. The van der Waals surface area contributed by atoms with Crippen LogP contribution in [-0.2, 0) is 4.79 Å². The van der Waals surface area contributed by atoms with Crippen LogP contribution >= 0.6 is 0 Å². The van der Waals surface area contributed by atoms with E-state index in [1.165, 1.54) is 4.90 Å². The Morgan fingerprint density at radius 2 is 1.53 bits per heavy atom. The molecule has 2 saturated carbocycles. The van der Waals surface area contributed by atoms with E-state index in [2.05, 4.69) is 25.2 Å². The van der Waals surface area contributed by atoms with Gasteiger partial charge in [-0.05, 0) is 76.0 Å². The number of nitriles is 1. The van der Waals surface area contributed by atoms with Crippen LogP contribution in [0.4, 0.5) is 9.59 Å². The summed E-state index contributed by atoms with van der Waals surface area (Å²) in [6.45, 7) is 8.25. The van der Waals surface area contributed by atoms with Crippen molar-refractivity contribution in [3.63, 3.8) is 0 Å². The van der Waals surface area contributed by atoms with E-state index in [9.17, 15) is 14.4 Å². The summed E-state index contributed by atoms with van der Waals surface area (Å²) < 4.78 is 0. The summed E-state index contributed by atoms with van der Waals surface area (Å²) in [5.41, 5.74) is 5.91. The highest BCUT2D eigenvalue weighted by Gasteiger charge is 2.48. The fraction of sp³-hybridized carbons (Fsp3) is 0.852. The minimum Gasteiger partial charge on any atom is -0.465 e. The van der Waals surface area contributed by atoms with Crippen molar-refractivity contribution in [3.05, 3.63) is 0 Å². The molecule has 0 bridgehead atoms. The average Bonchev–Trinajstić information content (AvgIpc) is 3.62. The van der Waals surface area contributed by atoms with E-state index in [0.717, 1.165) is 51.6 Å². The number of carbonyl (C=O) groups is 3. The maximum Gasteiger partial charge on any atom is 0.407 e. The Bertz CT molecular complexity index is 934. The molecule has 4 amide bonds. The predicted molar refractivity (Wildman–Crippen MR) is 142 cm³/mol. The normalized spacial score (nSPS) is 37.4. The summed E-state index contributed by atoms with van der Waals surface area (Å²) in [5.74, 6) is 2.06. The minimum atomic E-state index is -0.784. The maximum absolute atomic E-state index is 12.4. The molecule has 0 aromatic rings. The quantitative estimate of drug-likeness (QED) is 0.501. The number of nitrogens with one attached hydrogen (secondary N) is 1. The Kier molecular flexibility index (Phi) is 8.15. The zero-order chi connectivity index (χ0) is 27.8. The van der Waals surface area contributed by atoms with Crippen molar-refractivity contribution in [2.75, 3.05) is 53.4 Å². The van der Waals surface area contributed by atoms with Gasteiger partial charge in [0.1, 0.15) is 6.04 Å². The highest BCUT2D eigenvalue weighted by atomic mass is 16.4. The smallest absolute Gasteiger partial charge is 0.407 e. The van der Waals surface area contributed by atoms with Crippen molar-refractivity contribution in [1.82, 2.24) is 24.9 Å². The van der Waals surface area contributed by atoms with Gasteiger partial charge in [-0.3, -0.25) is 4.79 Å². The lowest BCUT2D eigenvalue weighted by molar-refractivity contribution is -0.130.